The smallest absolute Gasteiger partial charge is 0.255 e. The molecule has 1 amide bonds. The standard InChI is InChI=1S/C23H24FN3O4/c1-15-20(16(2)31-26-15)14-30-19-6-3-17(4-7-19)23(28)25-18-5-8-22(21(24)13-18)27-9-11-29-12-10-27/h3-8,13H,9-12,14H2,1-2H3,(H,25,28). The molecular formula is C23H24FN3O4. The first-order valence-corrected chi connectivity index (χ1v) is 10.1. The Morgan fingerprint density at radius 1 is 1.16 bits per heavy atom. The molecule has 1 aliphatic rings. The van der Waals surface area contributed by atoms with E-state index in [9.17, 15) is 9.18 Å². The van der Waals surface area contributed by atoms with E-state index >= 15 is 0 Å². The molecule has 7 nitrogen and oxygen atoms in total. The molecule has 162 valence electrons. The summed E-state index contributed by atoms with van der Waals surface area (Å²) in [5.41, 5.74) is 3.06. The summed E-state index contributed by atoms with van der Waals surface area (Å²) in [7, 11) is 0. The quantitative estimate of drug-likeness (QED) is 0.641. The molecule has 2 aromatic carbocycles. The number of amides is 1. The van der Waals surface area contributed by atoms with Gasteiger partial charge in [0.15, 0.2) is 0 Å². The van der Waals surface area contributed by atoms with Crippen LogP contribution in [0.2, 0.25) is 0 Å². The van der Waals surface area contributed by atoms with Gasteiger partial charge in [-0.2, -0.15) is 0 Å². The van der Waals surface area contributed by atoms with Crippen LogP contribution in [-0.4, -0.2) is 37.4 Å². The first-order chi connectivity index (χ1) is 15.0. The van der Waals surface area contributed by atoms with E-state index in [1.54, 1.807) is 36.4 Å². The van der Waals surface area contributed by atoms with Gasteiger partial charge in [0.1, 0.15) is 23.9 Å². The van der Waals surface area contributed by atoms with Crippen molar-refractivity contribution in [2.24, 2.45) is 0 Å². The number of hydrogen-bond acceptors (Lipinski definition) is 6. The van der Waals surface area contributed by atoms with Crippen LogP contribution in [0.1, 0.15) is 27.4 Å². The summed E-state index contributed by atoms with van der Waals surface area (Å²) in [5, 5.41) is 6.64. The molecule has 2 heterocycles. The Kier molecular flexibility index (Phi) is 6.18. The van der Waals surface area contributed by atoms with Gasteiger partial charge in [-0.15, -0.1) is 0 Å². The van der Waals surface area contributed by atoms with Gasteiger partial charge in [0, 0.05) is 24.3 Å². The van der Waals surface area contributed by atoms with Crippen molar-refractivity contribution >= 4 is 17.3 Å². The van der Waals surface area contributed by atoms with Crippen molar-refractivity contribution in [2.75, 3.05) is 36.5 Å². The third-order valence-corrected chi connectivity index (χ3v) is 5.24. The summed E-state index contributed by atoms with van der Waals surface area (Å²) in [6, 6.07) is 11.5. The van der Waals surface area contributed by atoms with Crippen molar-refractivity contribution in [2.45, 2.75) is 20.5 Å². The van der Waals surface area contributed by atoms with Crippen molar-refractivity contribution in [3.8, 4) is 5.75 Å². The fourth-order valence-corrected chi connectivity index (χ4v) is 3.41. The Morgan fingerprint density at radius 2 is 1.90 bits per heavy atom. The Hall–Kier alpha value is -3.39. The largest absolute Gasteiger partial charge is 0.489 e. The molecule has 1 N–H and O–H groups in total. The highest BCUT2D eigenvalue weighted by Crippen LogP contribution is 2.24. The molecule has 31 heavy (non-hydrogen) atoms. The molecule has 4 rings (SSSR count). The van der Waals surface area contributed by atoms with Gasteiger partial charge in [-0.3, -0.25) is 4.79 Å². The van der Waals surface area contributed by atoms with Crippen LogP contribution in [0, 0.1) is 19.7 Å². The van der Waals surface area contributed by atoms with Crippen molar-refractivity contribution < 1.29 is 23.2 Å². The van der Waals surface area contributed by atoms with Crippen LogP contribution in [-0.2, 0) is 11.3 Å². The molecule has 8 heteroatoms. The molecular weight excluding hydrogens is 401 g/mol. The Labute approximate surface area is 179 Å². The molecule has 0 radical (unpaired) electrons. The van der Waals surface area contributed by atoms with E-state index in [1.165, 1.54) is 6.07 Å². The molecule has 3 aromatic rings. The van der Waals surface area contributed by atoms with Gasteiger partial charge < -0.3 is 24.2 Å². The summed E-state index contributed by atoms with van der Waals surface area (Å²) in [6.45, 7) is 6.48. The van der Waals surface area contributed by atoms with Crippen LogP contribution >= 0.6 is 0 Å². The SMILES string of the molecule is Cc1noc(C)c1COc1ccc(C(=O)Nc2ccc(N3CCOCC3)c(F)c2)cc1. The molecule has 0 bridgehead atoms. The molecule has 0 unspecified atom stereocenters. The molecule has 1 aromatic heterocycles. The van der Waals surface area contributed by atoms with Crippen LogP contribution in [0.4, 0.5) is 15.8 Å². The molecule has 1 fully saturated rings. The zero-order chi connectivity index (χ0) is 21.8. The van der Waals surface area contributed by atoms with Gasteiger partial charge >= 0.3 is 0 Å². The Balaban J connectivity index is 1.36. The average molecular weight is 425 g/mol. The highest BCUT2D eigenvalue weighted by molar-refractivity contribution is 6.04. The normalized spacial score (nSPS) is 13.8. The topological polar surface area (TPSA) is 76.8 Å². The molecule has 1 aliphatic heterocycles. The molecule has 0 aliphatic carbocycles. The number of nitrogens with zero attached hydrogens (tertiary/aromatic N) is 2. The van der Waals surface area contributed by atoms with Crippen LogP contribution < -0.4 is 15.0 Å². The van der Waals surface area contributed by atoms with Crippen molar-refractivity contribution in [3.05, 3.63) is 70.9 Å². The van der Waals surface area contributed by atoms with Gasteiger partial charge in [-0.25, -0.2) is 4.39 Å². The lowest BCUT2D eigenvalue weighted by Gasteiger charge is -2.29. The van der Waals surface area contributed by atoms with Gasteiger partial charge in [0.2, 0.25) is 0 Å². The van der Waals surface area contributed by atoms with Gasteiger partial charge in [0.05, 0.1) is 30.2 Å². The van der Waals surface area contributed by atoms with E-state index in [1.807, 2.05) is 18.7 Å². The Morgan fingerprint density at radius 3 is 2.55 bits per heavy atom. The van der Waals surface area contributed by atoms with E-state index in [-0.39, 0.29) is 11.7 Å². The zero-order valence-electron chi connectivity index (χ0n) is 17.5. The number of aryl methyl sites for hydroxylation is 2. The minimum atomic E-state index is -0.372. The predicted molar refractivity (Wildman–Crippen MR) is 114 cm³/mol. The lowest BCUT2D eigenvalue weighted by molar-refractivity contribution is 0.102. The third-order valence-electron chi connectivity index (χ3n) is 5.24. The van der Waals surface area contributed by atoms with Gasteiger partial charge in [-0.1, -0.05) is 5.16 Å². The maximum Gasteiger partial charge on any atom is 0.255 e. The fourth-order valence-electron chi connectivity index (χ4n) is 3.41. The number of morpholine rings is 1. The van der Waals surface area contributed by atoms with E-state index in [0.29, 0.717) is 55.6 Å². The van der Waals surface area contributed by atoms with E-state index < -0.39 is 0 Å². The number of carbonyl (C=O) groups is 1. The summed E-state index contributed by atoms with van der Waals surface area (Å²) in [4.78, 5) is 14.5. The highest BCUT2D eigenvalue weighted by Gasteiger charge is 2.16. The summed E-state index contributed by atoms with van der Waals surface area (Å²) in [6.07, 6.45) is 0. The monoisotopic (exact) mass is 425 g/mol. The van der Waals surface area contributed by atoms with Crippen LogP contribution in [0.25, 0.3) is 0 Å². The minimum Gasteiger partial charge on any atom is -0.489 e. The highest BCUT2D eigenvalue weighted by atomic mass is 19.1. The number of aromatic nitrogens is 1. The summed E-state index contributed by atoms with van der Waals surface area (Å²) >= 11 is 0. The molecule has 0 saturated carbocycles. The minimum absolute atomic E-state index is 0.323. The predicted octanol–water partition coefficient (Wildman–Crippen LogP) is 4.10. The summed E-state index contributed by atoms with van der Waals surface area (Å²) in [5.74, 6) is 0.649. The van der Waals surface area contributed by atoms with Crippen LogP contribution in [0.3, 0.4) is 0 Å². The van der Waals surface area contributed by atoms with Crippen molar-refractivity contribution in [1.82, 2.24) is 5.16 Å². The number of benzene rings is 2. The fraction of sp³-hybridized carbons (Fsp3) is 0.304. The number of anilines is 2. The van der Waals surface area contributed by atoms with E-state index in [0.717, 1.165) is 17.0 Å². The number of halogens is 1. The first-order valence-electron chi connectivity index (χ1n) is 10.1. The van der Waals surface area contributed by atoms with Gasteiger partial charge in [0.25, 0.3) is 5.91 Å². The Bertz CT molecular complexity index is 1040. The number of nitrogens with one attached hydrogen (secondary N) is 1. The molecule has 0 atom stereocenters. The third kappa shape index (κ3) is 4.86. The number of rotatable bonds is 6. The first kappa shape index (κ1) is 20.9. The van der Waals surface area contributed by atoms with Gasteiger partial charge in [-0.05, 0) is 56.3 Å². The second kappa shape index (κ2) is 9.18. The number of carbonyl (C=O) groups excluding carboxylic acids is 1. The molecule has 0 spiro atoms. The van der Waals surface area contributed by atoms with E-state index in [2.05, 4.69) is 10.5 Å². The number of hydrogen-bond donors (Lipinski definition) is 1. The maximum absolute atomic E-state index is 14.5. The zero-order valence-corrected chi connectivity index (χ0v) is 17.5. The maximum atomic E-state index is 14.5. The lowest BCUT2D eigenvalue weighted by Crippen LogP contribution is -2.36. The van der Waals surface area contributed by atoms with Crippen LogP contribution in [0.5, 0.6) is 5.75 Å². The van der Waals surface area contributed by atoms with Crippen molar-refractivity contribution in [1.29, 1.82) is 0 Å². The average Bonchev–Trinajstić information content (AvgIpc) is 3.10. The second-order valence-electron chi connectivity index (χ2n) is 7.34. The second-order valence-corrected chi connectivity index (χ2v) is 7.34. The molecule has 1 saturated heterocycles. The lowest BCUT2D eigenvalue weighted by atomic mass is 10.2. The van der Waals surface area contributed by atoms with Crippen LogP contribution in [0.15, 0.2) is 47.0 Å². The number of ether oxygens (including phenoxy) is 2. The van der Waals surface area contributed by atoms with Crippen molar-refractivity contribution in [3.63, 3.8) is 0 Å². The van der Waals surface area contributed by atoms with E-state index in [4.69, 9.17) is 14.0 Å². The summed E-state index contributed by atoms with van der Waals surface area (Å²) < 4.78 is 30.7.